The van der Waals surface area contributed by atoms with Gasteiger partial charge in [0, 0.05) is 20.3 Å². The molecule has 0 spiro atoms. The Kier molecular flexibility index (Phi) is 5.11. The average molecular weight is 323 g/mol. The molecule has 0 aromatic heterocycles. The van der Waals surface area contributed by atoms with E-state index in [0.717, 1.165) is 18.6 Å². The van der Waals surface area contributed by atoms with Gasteiger partial charge >= 0.3 is 0 Å². The van der Waals surface area contributed by atoms with E-state index < -0.39 is 19.5 Å². The predicted octanol–water partition coefficient (Wildman–Crippen LogP) is 3.85. The molecule has 1 aliphatic carbocycles. The van der Waals surface area contributed by atoms with Gasteiger partial charge in [0.1, 0.15) is 19.4 Å². The third-order valence-corrected chi connectivity index (χ3v) is 5.12. The first kappa shape index (κ1) is 17.6. The van der Waals surface area contributed by atoms with E-state index in [0.29, 0.717) is 13.0 Å². The van der Waals surface area contributed by atoms with Crippen LogP contribution >= 0.6 is 0 Å². The minimum atomic E-state index is -1.52. The molecule has 1 heterocycles. The number of aliphatic hydroxyl groups is 1. The van der Waals surface area contributed by atoms with Gasteiger partial charge in [0.25, 0.3) is 0 Å². The first-order valence-electron chi connectivity index (χ1n) is 8.38. The molecule has 0 saturated heterocycles. The Labute approximate surface area is 136 Å². The molecule has 2 aliphatic rings. The standard InChI is InChI=1S/C18H30O3Si/c1-17(2)20-12-10-16(21-17)14-18(19,11-13-22(3,4)5)15-8-6-7-9-15/h10,15,19H,6-9,12,14H2,1-5H3. The maximum atomic E-state index is 11.3. The van der Waals surface area contributed by atoms with E-state index in [9.17, 15) is 5.11 Å². The summed E-state index contributed by atoms with van der Waals surface area (Å²) >= 11 is 0. The van der Waals surface area contributed by atoms with Crippen LogP contribution in [0, 0.1) is 17.4 Å². The Hall–Kier alpha value is -0.763. The van der Waals surface area contributed by atoms with Crippen LogP contribution in [0.2, 0.25) is 19.6 Å². The summed E-state index contributed by atoms with van der Waals surface area (Å²) < 4.78 is 11.4. The first-order valence-corrected chi connectivity index (χ1v) is 11.9. The fourth-order valence-corrected chi connectivity index (χ4v) is 3.68. The van der Waals surface area contributed by atoms with Crippen molar-refractivity contribution in [3.8, 4) is 11.5 Å². The molecule has 2 rings (SSSR count). The van der Waals surface area contributed by atoms with Gasteiger partial charge in [-0.1, -0.05) is 38.4 Å². The van der Waals surface area contributed by atoms with Crippen LogP contribution < -0.4 is 0 Å². The van der Waals surface area contributed by atoms with Crippen LogP contribution in [-0.2, 0) is 9.47 Å². The van der Waals surface area contributed by atoms with E-state index in [1.54, 1.807) is 0 Å². The maximum absolute atomic E-state index is 11.3. The van der Waals surface area contributed by atoms with Gasteiger partial charge in [0.2, 0.25) is 5.79 Å². The lowest BCUT2D eigenvalue weighted by Crippen LogP contribution is -2.39. The third kappa shape index (κ3) is 4.87. The van der Waals surface area contributed by atoms with Crippen LogP contribution in [0.4, 0.5) is 0 Å². The summed E-state index contributed by atoms with van der Waals surface area (Å²) in [4.78, 5) is 0. The number of hydrogen-bond donors (Lipinski definition) is 1. The highest BCUT2D eigenvalue weighted by Crippen LogP contribution is 2.39. The van der Waals surface area contributed by atoms with Crippen molar-refractivity contribution < 1.29 is 14.6 Å². The van der Waals surface area contributed by atoms with Gasteiger partial charge < -0.3 is 14.6 Å². The zero-order chi connectivity index (χ0) is 16.4. The van der Waals surface area contributed by atoms with Crippen LogP contribution in [0.15, 0.2) is 11.8 Å². The molecule has 1 unspecified atom stereocenters. The Morgan fingerprint density at radius 1 is 1.32 bits per heavy atom. The normalized spacial score (nSPS) is 24.7. The Balaban J connectivity index is 2.21. The summed E-state index contributed by atoms with van der Waals surface area (Å²) in [6.07, 6.45) is 6.91. The van der Waals surface area contributed by atoms with Crippen LogP contribution in [0.5, 0.6) is 0 Å². The lowest BCUT2D eigenvalue weighted by atomic mass is 9.83. The molecule has 0 radical (unpaired) electrons. The van der Waals surface area contributed by atoms with Gasteiger partial charge in [-0.25, -0.2) is 0 Å². The van der Waals surface area contributed by atoms with E-state index in [1.165, 1.54) is 12.8 Å². The Morgan fingerprint density at radius 3 is 2.50 bits per heavy atom. The van der Waals surface area contributed by atoms with Gasteiger partial charge in [-0.2, -0.15) is 0 Å². The van der Waals surface area contributed by atoms with Gasteiger partial charge in [0.15, 0.2) is 0 Å². The summed E-state index contributed by atoms with van der Waals surface area (Å²) in [5.74, 6) is 3.71. The highest BCUT2D eigenvalue weighted by Gasteiger charge is 2.40. The van der Waals surface area contributed by atoms with E-state index in [1.807, 2.05) is 19.9 Å². The van der Waals surface area contributed by atoms with Crippen molar-refractivity contribution >= 4 is 8.07 Å². The second kappa shape index (κ2) is 6.39. The Bertz CT molecular complexity index is 487. The second-order valence-corrected chi connectivity index (χ2v) is 12.8. The molecule has 1 N–H and O–H groups in total. The average Bonchev–Trinajstić information content (AvgIpc) is 2.89. The van der Waals surface area contributed by atoms with Gasteiger partial charge in [-0.05, 0) is 24.8 Å². The van der Waals surface area contributed by atoms with E-state index in [4.69, 9.17) is 9.47 Å². The van der Waals surface area contributed by atoms with Crippen molar-refractivity contribution in [1.29, 1.82) is 0 Å². The molecule has 0 aromatic carbocycles. The van der Waals surface area contributed by atoms with E-state index in [2.05, 4.69) is 31.1 Å². The first-order chi connectivity index (χ1) is 10.1. The largest absolute Gasteiger partial charge is 0.467 e. The van der Waals surface area contributed by atoms with Crippen LogP contribution in [0.25, 0.3) is 0 Å². The molecule has 22 heavy (non-hydrogen) atoms. The summed E-state index contributed by atoms with van der Waals surface area (Å²) in [7, 11) is -1.52. The summed E-state index contributed by atoms with van der Waals surface area (Å²) in [6.45, 7) is 11.0. The van der Waals surface area contributed by atoms with Gasteiger partial charge in [-0.3, -0.25) is 0 Å². The smallest absolute Gasteiger partial charge is 0.204 e. The molecule has 1 atom stereocenters. The van der Waals surface area contributed by atoms with Gasteiger partial charge in [0.05, 0.1) is 6.61 Å². The molecule has 0 aromatic rings. The third-order valence-electron chi connectivity index (χ3n) is 4.25. The van der Waals surface area contributed by atoms with Crippen LogP contribution in [-0.4, -0.2) is 31.2 Å². The minimum absolute atomic E-state index is 0.256. The molecule has 0 bridgehead atoms. The van der Waals surface area contributed by atoms with Crippen LogP contribution in [0.3, 0.4) is 0 Å². The number of ether oxygens (including phenoxy) is 2. The topological polar surface area (TPSA) is 38.7 Å². The zero-order valence-electron chi connectivity index (χ0n) is 14.7. The fraction of sp³-hybridized carbons (Fsp3) is 0.778. The quantitative estimate of drug-likeness (QED) is 0.634. The minimum Gasteiger partial charge on any atom is -0.467 e. The molecular weight excluding hydrogens is 292 g/mol. The van der Waals surface area contributed by atoms with Crippen molar-refractivity contribution in [2.24, 2.45) is 5.92 Å². The molecule has 124 valence electrons. The van der Waals surface area contributed by atoms with Crippen molar-refractivity contribution in [2.75, 3.05) is 6.61 Å². The van der Waals surface area contributed by atoms with Crippen molar-refractivity contribution in [2.45, 2.75) is 77.0 Å². The molecule has 3 nitrogen and oxygen atoms in total. The lowest BCUT2D eigenvalue weighted by molar-refractivity contribution is -0.201. The van der Waals surface area contributed by atoms with Crippen molar-refractivity contribution in [3.63, 3.8) is 0 Å². The SMILES string of the molecule is CC1(C)OCC=C(CC(O)(C#C[Si](C)(C)C)C2CCCC2)O1. The fourth-order valence-electron chi connectivity index (χ4n) is 3.09. The molecule has 0 amide bonds. The molecule has 1 aliphatic heterocycles. The monoisotopic (exact) mass is 322 g/mol. The van der Waals surface area contributed by atoms with E-state index in [-0.39, 0.29) is 5.92 Å². The summed E-state index contributed by atoms with van der Waals surface area (Å²) in [5.41, 5.74) is 2.41. The Morgan fingerprint density at radius 2 is 1.95 bits per heavy atom. The lowest BCUT2D eigenvalue weighted by Gasteiger charge is -2.36. The highest BCUT2D eigenvalue weighted by atomic mass is 28.3. The second-order valence-electron chi connectivity index (χ2n) is 8.07. The number of rotatable bonds is 3. The predicted molar refractivity (Wildman–Crippen MR) is 91.8 cm³/mol. The molecule has 4 heteroatoms. The van der Waals surface area contributed by atoms with Crippen molar-refractivity contribution in [3.05, 3.63) is 11.8 Å². The van der Waals surface area contributed by atoms with Crippen molar-refractivity contribution in [1.82, 2.24) is 0 Å². The highest BCUT2D eigenvalue weighted by molar-refractivity contribution is 6.83. The molecule has 1 saturated carbocycles. The summed E-state index contributed by atoms with van der Waals surface area (Å²) in [5, 5.41) is 11.3. The zero-order valence-corrected chi connectivity index (χ0v) is 15.7. The van der Waals surface area contributed by atoms with Gasteiger partial charge in [-0.15, -0.1) is 5.54 Å². The van der Waals surface area contributed by atoms with E-state index >= 15 is 0 Å². The summed E-state index contributed by atoms with van der Waals surface area (Å²) in [6, 6.07) is 0. The molecule has 1 fully saturated rings. The van der Waals surface area contributed by atoms with Crippen LogP contribution in [0.1, 0.15) is 46.0 Å². The maximum Gasteiger partial charge on any atom is 0.204 e. The molecular formula is C18H30O3Si. The number of hydrogen-bond acceptors (Lipinski definition) is 3.